The Labute approximate surface area is 108 Å². The predicted octanol–water partition coefficient (Wildman–Crippen LogP) is 2.56. The summed E-state index contributed by atoms with van der Waals surface area (Å²) in [5.74, 6) is 0.454. The molecule has 0 aromatic carbocycles. The highest BCUT2D eigenvalue weighted by molar-refractivity contribution is 5.91. The number of hydrogen-bond acceptors (Lipinski definition) is 3. The van der Waals surface area contributed by atoms with Crippen LogP contribution in [0.1, 0.15) is 49.0 Å². The Bertz CT molecular complexity index is 400. The van der Waals surface area contributed by atoms with Crippen LogP contribution in [-0.2, 0) is 0 Å². The van der Waals surface area contributed by atoms with Crippen LogP contribution in [0, 0.1) is 5.92 Å². The molecular formula is C14H21N3O. The van der Waals surface area contributed by atoms with Crippen molar-refractivity contribution in [2.75, 3.05) is 11.9 Å². The lowest BCUT2D eigenvalue weighted by atomic mass is 10.0. The highest BCUT2D eigenvalue weighted by Crippen LogP contribution is 2.28. The molecular weight excluding hydrogens is 226 g/mol. The molecule has 1 aromatic rings. The molecule has 0 bridgehead atoms. The van der Waals surface area contributed by atoms with Crippen LogP contribution in [0.2, 0.25) is 0 Å². The van der Waals surface area contributed by atoms with Crippen molar-refractivity contribution >= 4 is 11.6 Å². The van der Waals surface area contributed by atoms with Crippen LogP contribution in [0.25, 0.3) is 0 Å². The highest BCUT2D eigenvalue weighted by Gasteiger charge is 2.13. The molecule has 0 radical (unpaired) electrons. The molecule has 98 valence electrons. The number of aromatic nitrogens is 1. The molecule has 3 N–H and O–H groups in total. The van der Waals surface area contributed by atoms with Crippen LogP contribution < -0.4 is 11.1 Å². The fourth-order valence-electron chi connectivity index (χ4n) is 2.60. The van der Waals surface area contributed by atoms with Gasteiger partial charge in [0.25, 0.3) is 5.91 Å². The minimum atomic E-state index is -0.482. The summed E-state index contributed by atoms with van der Waals surface area (Å²) < 4.78 is 0. The molecule has 1 aromatic heterocycles. The maximum Gasteiger partial charge on any atom is 0.267 e. The monoisotopic (exact) mass is 247 g/mol. The number of pyridine rings is 1. The maximum atomic E-state index is 11.0. The van der Waals surface area contributed by atoms with Gasteiger partial charge in [0.1, 0.15) is 5.69 Å². The molecule has 0 aliphatic heterocycles. The van der Waals surface area contributed by atoms with Crippen molar-refractivity contribution in [3.05, 3.63) is 24.0 Å². The van der Waals surface area contributed by atoms with E-state index in [1.165, 1.54) is 38.5 Å². The lowest BCUT2D eigenvalue weighted by molar-refractivity contribution is 0.0995. The summed E-state index contributed by atoms with van der Waals surface area (Å²) in [6, 6.07) is 3.57. The maximum absolute atomic E-state index is 11.0. The van der Waals surface area contributed by atoms with E-state index in [1.54, 1.807) is 12.3 Å². The lowest BCUT2D eigenvalue weighted by Crippen LogP contribution is -2.13. The van der Waals surface area contributed by atoms with Crippen molar-refractivity contribution in [3.8, 4) is 0 Å². The molecule has 1 heterocycles. The third-order valence-electron chi connectivity index (χ3n) is 3.61. The average molecular weight is 247 g/mol. The minimum Gasteiger partial charge on any atom is -0.385 e. The van der Waals surface area contributed by atoms with Crippen molar-refractivity contribution < 1.29 is 4.79 Å². The van der Waals surface area contributed by atoms with Crippen LogP contribution in [0.5, 0.6) is 0 Å². The van der Waals surface area contributed by atoms with E-state index < -0.39 is 5.91 Å². The molecule has 0 unspecified atom stereocenters. The second-order valence-electron chi connectivity index (χ2n) is 5.01. The molecule has 1 aliphatic carbocycles. The quantitative estimate of drug-likeness (QED) is 0.759. The third kappa shape index (κ3) is 3.72. The summed E-state index contributed by atoms with van der Waals surface area (Å²) >= 11 is 0. The molecule has 0 atom stereocenters. The summed E-state index contributed by atoms with van der Waals surface area (Å²) in [6.45, 7) is 0.943. The fraction of sp³-hybridized carbons (Fsp3) is 0.571. The predicted molar refractivity (Wildman–Crippen MR) is 72.4 cm³/mol. The van der Waals surface area contributed by atoms with E-state index in [0.717, 1.165) is 18.2 Å². The zero-order chi connectivity index (χ0) is 12.8. The Hall–Kier alpha value is -1.58. The zero-order valence-electron chi connectivity index (χ0n) is 10.7. The van der Waals surface area contributed by atoms with E-state index in [2.05, 4.69) is 10.3 Å². The Kier molecular flexibility index (Phi) is 4.56. The van der Waals surface area contributed by atoms with Gasteiger partial charge in [-0.2, -0.15) is 0 Å². The molecule has 0 saturated heterocycles. The first-order valence-corrected chi connectivity index (χ1v) is 6.75. The van der Waals surface area contributed by atoms with Gasteiger partial charge in [-0.05, 0) is 30.9 Å². The minimum absolute atomic E-state index is 0.316. The smallest absolute Gasteiger partial charge is 0.267 e. The molecule has 0 spiro atoms. The number of hydrogen-bond donors (Lipinski definition) is 2. The molecule has 2 rings (SSSR count). The number of nitrogens with one attached hydrogen (secondary N) is 1. The van der Waals surface area contributed by atoms with Gasteiger partial charge in [-0.15, -0.1) is 0 Å². The lowest BCUT2D eigenvalue weighted by Gasteiger charge is -2.10. The number of nitrogens with two attached hydrogens (primary N) is 1. The Balaban J connectivity index is 1.72. The van der Waals surface area contributed by atoms with Crippen LogP contribution in [0.15, 0.2) is 18.3 Å². The van der Waals surface area contributed by atoms with E-state index in [9.17, 15) is 4.79 Å². The van der Waals surface area contributed by atoms with Crippen molar-refractivity contribution in [1.82, 2.24) is 4.98 Å². The molecule has 1 aliphatic rings. The Morgan fingerprint density at radius 3 is 2.94 bits per heavy atom. The molecule has 4 nitrogen and oxygen atoms in total. The number of primary amides is 1. The van der Waals surface area contributed by atoms with E-state index >= 15 is 0 Å². The summed E-state index contributed by atoms with van der Waals surface area (Å²) in [6.07, 6.45) is 9.72. The van der Waals surface area contributed by atoms with E-state index in [1.807, 2.05) is 6.07 Å². The van der Waals surface area contributed by atoms with Crippen LogP contribution in [0.3, 0.4) is 0 Å². The van der Waals surface area contributed by atoms with Gasteiger partial charge in [0.15, 0.2) is 0 Å². The largest absolute Gasteiger partial charge is 0.385 e. The normalized spacial score (nSPS) is 15.8. The van der Waals surface area contributed by atoms with Gasteiger partial charge in [-0.3, -0.25) is 9.78 Å². The second-order valence-corrected chi connectivity index (χ2v) is 5.01. The van der Waals surface area contributed by atoms with Gasteiger partial charge < -0.3 is 11.1 Å². The molecule has 1 saturated carbocycles. The number of carbonyl (C=O) groups excluding carboxylic acids is 1. The summed E-state index contributed by atoms with van der Waals surface area (Å²) in [4.78, 5) is 14.9. The molecule has 18 heavy (non-hydrogen) atoms. The van der Waals surface area contributed by atoms with Crippen LogP contribution in [0.4, 0.5) is 5.69 Å². The average Bonchev–Trinajstić information content (AvgIpc) is 2.88. The molecule has 1 fully saturated rings. The zero-order valence-corrected chi connectivity index (χ0v) is 10.7. The van der Waals surface area contributed by atoms with Crippen molar-refractivity contribution in [2.45, 2.75) is 38.5 Å². The topological polar surface area (TPSA) is 68.0 Å². The number of carbonyl (C=O) groups is 1. The number of amides is 1. The first kappa shape index (κ1) is 12.9. The van der Waals surface area contributed by atoms with E-state index in [-0.39, 0.29) is 0 Å². The van der Waals surface area contributed by atoms with Crippen LogP contribution >= 0.6 is 0 Å². The second kappa shape index (κ2) is 6.38. The highest BCUT2D eigenvalue weighted by atomic mass is 16.1. The first-order valence-electron chi connectivity index (χ1n) is 6.75. The SMILES string of the molecule is NC(=O)c1cc(NCCCC2CCCC2)ccn1. The number of nitrogens with zero attached hydrogens (tertiary/aromatic N) is 1. The van der Waals surface area contributed by atoms with Gasteiger partial charge in [-0.25, -0.2) is 0 Å². The van der Waals surface area contributed by atoms with Gasteiger partial charge in [-0.1, -0.05) is 25.7 Å². The summed E-state index contributed by atoms with van der Waals surface area (Å²) in [5, 5.41) is 3.32. The Morgan fingerprint density at radius 1 is 1.44 bits per heavy atom. The van der Waals surface area contributed by atoms with Crippen molar-refractivity contribution in [3.63, 3.8) is 0 Å². The summed E-state index contributed by atoms with van der Waals surface area (Å²) in [5.41, 5.74) is 6.43. The fourth-order valence-corrected chi connectivity index (χ4v) is 2.60. The molecule has 4 heteroatoms. The third-order valence-corrected chi connectivity index (χ3v) is 3.61. The van der Waals surface area contributed by atoms with Crippen LogP contribution in [-0.4, -0.2) is 17.4 Å². The Morgan fingerprint density at radius 2 is 2.22 bits per heavy atom. The van der Waals surface area contributed by atoms with Gasteiger partial charge in [0.05, 0.1) is 0 Å². The summed E-state index contributed by atoms with van der Waals surface area (Å²) in [7, 11) is 0. The number of rotatable bonds is 6. The number of anilines is 1. The molecule has 1 amide bonds. The van der Waals surface area contributed by atoms with Crippen molar-refractivity contribution in [1.29, 1.82) is 0 Å². The first-order chi connectivity index (χ1) is 8.75. The van der Waals surface area contributed by atoms with Gasteiger partial charge in [0, 0.05) is 18.4 Å². The van der Waals surface area contributed by atoms with Crippen molar-refractivity contribution in [2.24, 2.45) is 11.7 Å². The standard InChI is InChI=1S/C14H21N3O/c15-14(18)13-10-12(7-9-17-13)16-8-3-6-11-4-1-2-5-11/h7,9-11H,1-6,8H2,(H2,15,18)(H,16,17). The van der Waals surface area contributed by atoms with Gasteiger partial charge in [0.2, 0.25) is 0 Å². The van der Waals surface area contributed by atoms with E-state index in [0.29, 0.717) is 5.69 Å². The van der Waals surface area contributed by atoms with E-state index in [4.69, 9.17) is 5.73 Å². The van der Waals surface area contributed by atoms with Gasteiger partial charge >= 0.3 is 0 Å².